The van der Waals surface area contributed by atoms with Crippen molar-refractivity contribution in [2.45, 2.75) is 35.3 Å². The van der Waals surface area contributed by atoms with E-state index in [1.54, 1.807) is 0 Å². The van der Waals surface area contributed by atoms with E-state index in [1.807, 2.05) is 34.4 Å². The minimum absolute atomic E-state index is 0.222. The maximum absolute atomic E-state index is 2.73. The maximum Gasteiger partial charge on any atom is 0.0880 e. The van der Waals surface area contributed by atoms with Gasteiger partial charge in [-0.2, -0.15) is 0 Å². The van der Waals surface area contributed by atoms with Crippen molar-refractivity contribution in [1.82, 2.24) is 13.7 Å². The zero-order valence-corrected chi connectivity index (χ0v) is 45.9. The van der Waals surface area contributed by atoms with E-state index < -0.39 is 0 Å². The van der Waals surface area contributed by atoms with E-state index in [9.17, 15) is 0 Å². The van der Waals surface area contributed by atoms with Crippen LogP contribution in [0.15, 0.2) is 218 Å². The summed E-state index contributed by atoms with van der Waals surface area (Å²) in [4.78, 5) is 1.36. The van der Waals surface area contributed by atoms with Crippen LogP contribution >= 0.6 is 46.2 Å². The fraction of sp³-hybridized carbons (Fsp3) is 0.0833. The first-order valence-corrected chi connectivity index (χ1v) is 31.1. The molecule has 1 fully saturated rings. The molecule has 0 spiro atoms. The summed E-state index contributed by atoms with van der Waals surface area (Å²) < 4.78 is 13.5. The number of hydrogen-bond acceptors (Lipinski definition) is 4. The molecule has 0 amide bonds. The lowest BCUT2D eigenvalue weighted by Gasteiger charge is -2.19. The van der Waals surface area contributed by atoms with E-state index >= 15 is 0 Å². The largest absolute Gasteiger partial charge is 0.328 e. The Kier molecular flexibility index (Phi) is 9.04. The fourth-order valence-electron chi connectivity index (χ4n) is 14.7. The molecule has 1 saturated heterocycles. The van der Waals surface area contributed by atoms with Crippen LogP contribution in [-0.2, 0) is 0 Å². The molecule has 79 heavy (non-hydrogen) atoms. The fourth-order valence-corrected chi connectivity index (χ4v) is 20.2. The van der Waals surface area contributed by atoms with E-state index in [1.165, 1.54) is 160 Å². The highest BCUT2D eigenvalue weighted by Gasteiger charge is 2.35. The number of thioether (sulfide) groups is 2. The molecule has 5 aromatic heterocycles. The topological polar surface area (TPSA) is 14.8 Å². The molecule has 7 heterocycles. The summed E-state index contributed by atoms with van der Waals surface area (Å²) in [7, 11) is 0. The zero-order chi connectivity index (χ0) is 51.2. The predicted molar refractivity (Wildman–Crippen MR) is 347 cm³/mol. The Hall–Kier alpha value is -8.04. The van der Waals surface area contributed by atoms with Gasteiger partial charge in [0.1, 0.15) is 0 Å². The summed E-state index contributed by atoms with van der Waals surface area (Å²) >= 11 is 8.20. The second-order valence-electron chi connectivity index (χ2n) is 21.9. The van der Waals surface area contributed by atoms with E-state index in [4.69, 9.17) is 0 Å². The van der Waals surface area contributed by atoms with E-state index in [0.717, 1.165) is 19.3 Å². The molecule has 12 aromatic carbocycles. The minimum Gasteiger partial charge on any atom is -0.328 e. The van der Waals surface area contributed by atoms with Crippen LogP contribution in [0.25, 0.3) is 149 Å². The van der Waals surface area contributed by atoms with E-state index in [2.05, 4.69) is 244 Å². The second kappa shape index (κ2) is 16.3. The molecule has 19 rings (SSSR count). The maximum atomic E-state index is 2.73. The molecule has 2 aliphatic rings. The Morgan fingerprint density at radius 1 is 0.367 bits per heavy atom. The average Bonchev–Trinajstić information content (AvgIpc) is 4.36. The van der Waals surface area contributed by atoms with Crippen LogP contribution in [0.4, 0.5) is 0 Å². The molecule has 0 saturated carbocycles. The molecular formula is C72H45N3S4. The molecule has 3 nitrogen and oxygen atoms in total. The number of aromatic nitrogens is 3. The highest BCUT2D eigenvalue weighted by Crippen LogP contribution is 2.59. The minimum atomic E-state index is 0.222. The molecule has 0 bridgehead atoms. The average molecular weight is 1080 g/mol. The number of thiophene rings is 2. The summed E-state index contributed by atoms with van der Waals surface area (Å²) in [6, 6.07) is 81.0. The van der Waals surface area contributed by atoms with Crippen molar-refractivity contribution in [3.63, 3.8) is 0 Å². The van der Waals surface area contributed by atoms with Crippen molar-refractivity contribution in [1.29, 1.82) is 0 Å². The predicted octanol–water partition coefficient (Wildman–Crippen LogP) is 22.1. The molecule has 2 aliphatic heterocycles. The SMILES string of the molecule is C1=C(c2cc3c(c4c2sc2ccccc24)c2c4sc5ccccc5c4c(C4CCC(n5c6ccccc6c6ccccc65)S4)cc2n3-c2ccc3ccc4cccc5ccc2c3c45)SC(n2c3ccccc3c3ccccc32)C1. The van der Waals surface area contributed by atoms with Gasteiger partial charge in [0.25, 0.3) is 0 Å². The van der Waals surface area contributed by atoms with E-state index in [0.29, 0.717) is 5.37 Å². The van der Waals surface area contributed by atoms with Gasteiger partial charge in [-0.1, -0.05) is 164 Å². The van der Waals surface area contributed by atoms with Crippen LogP contribution in [0.2, 0.25) is 0 Å². The van der Waals surface area contributed by atoms with Gasteiger partial charge in [0.15, 0.2) is 0 Å². The highest BCUT2D eigenvalue weighted by atomic mass is 32.2. The first-order chi connectivity index (χ1) is 39.2. The number of fused-ring (bicyclic) bond motifs is 17. The van der Waals surface area contributed by atoms with Gasteiger partial charge >= 0.3 is 0 Å². The molecule has 3 unspecified atom stereocenters. The lowest BCUT2D eigenvalue weighted by Crippen LogP contribution is -2.01. The van der Waals surface area contributed by atoms with Gasteiger partial charge in [0.2, 0.25) is 0 Å². The molecule has 0 N–H and O–H groups in total. The van der Waals surface area contributed by atoms with Crippen molar-refractivity contribution in [3.05, 3.63) is 230 Å². The number of nitrogens with zero attached hydrogens (tertiary/aromatic N) is 3. The number of rotatable bonds is 5. The monoisotopic (exact) mass is 1080 g/mol. The molecule has 0 aliphatic carbocycles. The smallest absolute Gasteiger partial charge is 0.0880 e. The van der Waals surface area contributed by atoms with Crippen LogP contribution in [0, 0.1) is 0 Å². The first-order valence-electron chi connectivity index (χ1n) is 27.6. The van der Waals surface area contributed by atoms with Gasteiger partial charge in [0, 0.05) is 93.8 Å². The van der Waals surface area contributed by atoms with Crippen LogP contribution in [0.1, 0.15) is 46.4 Å². The first kappa shape index (κ1) is 43.9. The third-order valence-corrected chi connectivity index (χ3v) is 23.2. The van der Waals surface area contributed by atoms with Gasteiger partial charge in [-0.25, -0.2) is 0 Å². The van der Waals surface area contributed by atoms with Crippen LogP contribution in [0.5, 0.6) is 0 Å². The Morgan fingerprint density at radius 3 is 1.56 bits per heavy atom. The lowest BCUT2D eigenvalue weighted by molar-refractivity contribution is 0.660. The zero-order valence-electron chi connectivity index (χ0n) is 42.6. The van der Waals surface area contributed by atoms with Gasteiger partial charge in [0.05, 0.1) is 49.5 Å². The molecule has 372 valence electrons. The van der Waals surface area contributed by atoms with Crippen LogP contribution in [0.3, 0.4) is 0 Å². The second-order valence-corrected chi connectivity index (χ2v) is 26.6. The van der Waals surface area contributed by atoms with Crippen molar-refractivity contribution >= 4 is 189 Å². The van der Waals surface area contributed by atoms with Gasteiger partial charge in [-0.3, -0.25) is 0 Å². The van der Waals surface area contributed by atoms with Gasteiger partial charge < -0.3 is 13.7 Å². The number of para-hydroxylation sites is 4. The number of allylic oxidation sites excluding steroid dienone is 1. The summed E-state index contributed by atoms with van der Waals surface area (Å²) in [5.41, 5.74) is 11.9. The van der Waals surface area contributed by atoms with Crippen molar-refractivity contribution < 1.29 is 0 Å². The molecule has 3 atom stereocenters. The van der Waals surface area contributed by atoms with Crippen LogP contribution in [-0.4, -0.2) is 13.7 Å². The molecular weight excluding hydrogens is 1040 g/mol. The van der Waals surface area contributed by atoms with Crippen molar-refractivity contribution in [2.24, 2.45) is 0 Å². The lowest BCUT2D eigenvalue weighted by atomic mass is 9.93. The normalized spacial score (nSPS) is 17.3. The van der Waals surface area contributed by atoms with E-state index in [-0.39, 0.29) is 10.6 Å². The van der Waals surface area contributed by atoms with Crippen molar-refractivity contribution in [3.8, 4) is 5.69 Å². The summed E-state index contributed by atoms with van der Waals surface area (Å²) in [6.45, 7) is 0. The number of hydrogen-bond donors (Lipinski definition) is 0. The highest BCUT2D eigenvalue weighted by molar-refractivity contribution is 8.08. The standard InChI is InChI=1S/C72H45N3S4/c1-7-22-52-43(16-1)44-17-2-8-23-53(44)74(52)63-36-34-61(76-63)50-38-58-70(72-67(50)48-20-5-11-26-59(48)79-72)69-57(73(58)56-33-31-42-29-28-40-14-13-15-41-30-32-47(56)66(42)65(40)41)39-51(71-68(69)49-21-6-12-27-60(49)78-71)62-35-37-64(77-62)75-54-24-9-3-18-45(54)46-19-4-10-25-55(46)75/h1-33,35,38-39,61,63-64H,34,36-37H2. The van der Waals surface area contributed by atoms with Crippen molar-refractivity contribution in [2.75, 3.05) is 0 Å². The summed E-state index contributed by atoms with van der Waals surface area (Å²) in [6.07, 6.45) is 5.71. The Bertz CT molecular complexity index is 5400. The van der Waals surface area contributed by atoms with Gasteiger partial charge in [-0.05, 0) is 106 Å². The van der Waals surface area contributed by atoms with Gasteiger partial charge in [-0.15, -0.1) is 46.2 Å². The van der Waals surface area contributed by atoms with Crippen LogP contribution < -0.4 is 0 Å². The summed E-state index contributed by atoms with van der Waals surface area (Å²) in [5.74, 6) is 0. The summed E-state index contributed by atoms with van der Waals surface area (Å²) in [5, 5.41) is 22.2. The Balaban J connectivity index is 0.913. The molecule has 17 aromatic rings. The quantitative estimate of drug-likeness (QED) is 0.160. The third kappa shape index (κ3) is 5.95. The molecule has 0 radical (unpaired) electrons. The molecule has 7 heteroatoms. The Labute approximate surface area is 469 Å². The Morgan fingerprint density at radius 2 is 0.899 bits per heavy atom. The third-order valence-electron chi connectivity index (χ3n) is 18.0. The number of benzene rings is 12.